The van der Waals surface area contributed by atoms with Crippen molar-refractivity contribution in [2.24, 2.45) is 5.73 Å². The first-order valence-electron chi connectivity index (χ1n) is 8.13. The van der Waals surface area contributed by atoms with Gasteiger partial charge in [0.1, 0.15) is 0 Å². The SMILES string of the molecule is CC.CC.CCC[C@@H](CCN)OCc1ccc(C)cc1. The van der Waals surface area contributed by atoms with Crippen molar-refractivity contribution in [2.45, 2.75) is 73.5 Å². The molecule has 0 unspecified atom stereocenters. The van der Waals surface area contributed by atoms with Crippen LogP contribution in [0.3, 0.4) is 0 Å². The Hall–Kier alpha value is -0.860. The fourth-order valence-corrected chi connectivity index (χ4v) is 1.72. The highest BCUT2D eigenvalue weighted by atomic mass is 16.5. The van der Waals surface area contributed by atoms with Crippen LogP contribution in [0, 0.1) is 6.92 Å². The van der Waals surface area contributed by atoms with Gasteiger partial charge in [-0.2, -0.15) is 0 Å². The van der Waals surface area contributed by atoms with E-state index in [-0.39, 0.29) is 0 Å². The monoisotopic (exact) mass is 281 g/mol. The summed E-state index contributed by atoms with van der Waals surface area (Å²) in [5.41, 5.74) is 8.10. The summed E-state index contributed by atoms with van der Waals surface area (Å²) < 4.78 is 5.87. The summed E-state index contributed by atoms with van der Waals surface area (Å²) in [5, 5.41) is 0. The molecule has 118 valence electrons. The van der Waals surface area contributed by atoms with Gasteiger partial charge in [-0.05, 0) is 31.9 Å². The van der Waals surface area contributed by atoms with Crippen LogP contribution in [0.1, 0.15) is 65.0 Å². The maximum Gasteiger partial charge on any atom is 0.0720 e. The van der Waals surface area contributed by atoms with Crippen LogP contribution in [0.15, 0.2) is 24.3 Å². The third kappa shape index (κ3) is 11.0. The van der Waals surface area contributed by atoms with Gasteiger partial charge < -0.3 is 10.5 Å². The van der Waals surface area contributed by atoms with E-state index in [4.69, 9.17) is 10.5 Å². The Morgan fingerprint density at radius 1 is 1.00 bits per heavy atom. The third-order valence-corrected chi connectivity index (χ3v) is 2.71. The molecule has 0 heterocycles. The van der Waals surface area contributed by atoms with E-state index >= 15 is 0 Å². The molecular weight excluding hydrogens is 246 g/mol. The van der Waals surface area contributed by atoms with E-state index in [2.05, 4.69) is 38.1 Å². The summed E-state index contributed by atoms with van der Waals surface area (Å²) in [6.07, 6.45) is 3.53. The fourth-order valence-electron chi connectivity index (χ4n) is 1.72. The predicted molar refractivity (Wildman–Crippen MR) is 91.0 cm³/mol. The van der Waals surface area contributed by atoms with E-state index in [1.54, 1.807) is 0 Å². The van der Waals surface area contributed by atoms with Gasteiger partial charge in [0.15, 0.2) is 0 Å². The van der Waals surface area contributed by atoms with Crippen molar-refractivity contribution in [1.29, 1.82) is 0 Å². The molecule has 0 aliphatic rings. The molecule has 1 aromatic rings. The fraction of sp³-hybridized carbons (Fsp3) is 0.667. The Labute approximate surface area is 126 Å². The minimum absolute atomic E-state index is 0.316. The molecule has 0 saturated carbocycles. The zero-order valence-electron chi connectivity index (χ0n) is 14.4. The second-order valence-electron chi connectivity index (χ2n) is 4.28. The first kappa shape index (κ1) is 21.4. The molecule has 0 bridgehead atoms. The number of aryl methyl sites for hydroxylation is 1. The number of nitrogens with two attached hydrogens (primary N) is 1. The highest BCUT2D eigenvalue weighted by Gasteiger charge is 2.06. The van der Waals surface area contributed by atoms with Crippen molar-refractivity contribution in [3.63, 3.8) is 0 Å². The van der Waals surface area contributed by atoms with E-state index in [1.165, 1.54) is 11.1 Å². The average molecular weight is 281 g/mol. The summed E-state index contributed by atoms with van der Waals surface area (Å²) in [5.74, 6) is 0. The van der Waals surface area contributed by atoms with Crippen LogP contribution in [-0.2, 0) is 11.3 Å². The molecule has 0 aliphatic carbocycles. The standard InChI is InChI=1S/C14H23NO.2C2H6/c1-3-4-14(9-10-15)16-11-13-7-5-12(2)6-8-13;2*1-2/h5-8,14H,3-4,9-11,15H2,1-2H3;2*1-2H3/t14-;;/m0../s1. The van der Waals surface area contributed by atoms with Crippen LogP contribution in [0.4, 0.5) is 0 Å². The van der Waals surface area contributed by atoms with Crippen molar-refractivity contribution in [3.8, 4) is 0 Å². The van der Waals surface area contributed by atoms with E-state index in [0.29, 0.717) is 19.3 Å². The molecule has 1 aromatic carbocycles. The normalized spacial score (nSPS) is 10.8. The zero-order valence-corrected chi connectivity index (χ0v) is 14.4. The Morgan fingerprint density at radius 2 is 1.55 bits per heavy atom. The zero-order chi connectivity index (χ0) is 15.8. The molecule has 2 heteroatoms. The minimum atomic E-state index is 0.316. The number of hydrogen-bond acceptors (Lipinski definition) is 2. The molecule has 0 saturated heterocycles. The number of ether oxygens (including phenoxy) is 1. The van der Waals surface area contributed by atoms with E-state index < -0.39 is 0 Å². The third-order valence-electron chi connectivity index (χ3n) is 2.71. The van der Waals surface area contributed by atoms with E-state index in [9.17, 15) is 0 Å². The van der Waals surface area contributed by atoms with Gasteiger partial charge in [-0.25, -0.2) is 0 Å². The second kappa shape index (κ2) is 16.2. The lowest BCUT2D eigenvalue weighted by Gasteiger charge is -2.16. The van der Waals surface area contributed by atoms with Crippen LogP contribution >= 0.6 is 0 Å². The van der Waals surface area contributed by atoms with Crippen LogP contribution in [0.5, 0.6) is 0 Å². The first-order valence-corrected chi connectivity index (χ1v) is 8.13. The summed E-state index contributed by atoms with van der Waals surface area (Å²) in [6.45, 7) is 13.7. The highest BCUT2D eigenvalue weighted by molar-refractivity contribution is 5.20. The molecule has 1 rings (SSSR count). The van der Waals surface area contributed by atoms with Crippen LogP contribution < -0.4 is 5.73 Å². The summed E-state index contributed by atoms with van der Waals surface area (Å²) >= 11 is 0. The maximum atomic E-state index is 5.87. The topological polar surface area (TPSA) is 35.2 Å². The predicted octanol–water partition coefficient (Wildman–Crippen LogP) is 5.08. The van der Waals surface area contributed by atoms with Gasteiger partial charge in [0.05, 0.1) is 12.7 Å². The second-order valence-corrected chi connectivity index (χ2v) is 4.28. The molecule has 0 spiro atoms. The molecule has 0 amide bonds. The Balaban J connectivity index is 0. The first-order chi connectivity index (χ1) is 9.76. The molecule has 2 N–H and O–H groups in total. The molecule has 0 aromatic heterocycles. The highest BCUT2D eigenvalue weighted by Crippen LogP contribution is 2.11. The largest absolute Gasteiger partial charge is 0.373 e. The average Bonchev–Trinajstić information content (AvgIpc) is 2.51. The van der Waals surface area contributed by atoms with Gasteiger partial charge in [-0.15, -0.1) is 0 Å². The lowest BCUT2D eigenvalue weighted by atomic mass is 10.1. The molecule has 0 radical (unpaired) electrons. The Kier molecular flexibility index (Phi) is 17.4. The van der Waals surface area contributed by atoms with Gasteiger partial charge in [0.2, 0.25) is 0 Å². The summed E-state index contributed by atoms with van der Waals surface area (Å²) in [7, 11) is 0. The molecule has 20 heavy (non-hydrogen) atoms. The molecule has 1 atom stereocenters. The van der Waals surface area contributed by atoms with Gasteiger partial charge in [-0.3, -0.25) is 0 Å². The molecule has 0 fully saturated rings. The van der Waals surface area contributed by atoms with Crippen molar-refractivity contribution in [1.82, 2.24) is 0 Å². The Bertz CT molecular complexity index is 276. The smallest absolute Gasteiger partial charge is 0.0720 e. The molecule has 2 nitrogen and oxygen atoms in total. The van der Waals surface area contributed by atoms with Crippen LogP contribution in [0.25, 0.3) is 0 Å². The van der Waals surface area contributed by atoms with Crippen molar-refractivity contribution >= 4 is 0 Å². The lowest BCUT2D eigenvalue weighted by Crippen LogP contribution is -2.17. The maximum absolute atomic E-state index is 5.87. The van der Waals surface area contributed by atoms with Crippen LogP contribution in [0.2, 0.25) is 0 Å². The van der Waals surface area contributed by atoms with E-state index in [0.717, 1.165) is 19.3 Å². The number of rotatable bonds is 7. The lowest BCUT2D eigenvalue weighted by molar-refractivity contribution is 0.0306. The van der Waals surface area contributed by atoms with Crippen molar-refractivity contribution < 1.29 is 4.74 Å². The Morgan fingerprint density at radius 3 is 2.00 bits per heavy atom. The summed E-state index contributed by atoms with van der Waals surface area (Å²) in [4.78, 5) is 0. The van der Waals surface area contributed by atoms with Gasteiger partial charge in [-0.1, -0.05) is 70.9 Å². The van der Waals surface area contributed by atoms with Gasteiger partial charge in [0, 0.05) is 0 Å². The van der Waals surface area contributed by atoms with Crippen LogP contribution in [-0.4, -0.2) is 12.6 Å². The van der Waals surface area contributed by atoms with Gasteiger partial charge in [0.25, 0.3) is 0 Å². The number of hydrogen-bond donors (Lipinski definition) is 1. The number of benzene rings is 1. The van der Waals surface area contributed by atoms with Crippen molar-refractivity contribution in [3.05, 3.63) is 35.4 Å². The molecular formula is C18H35NO. The quantitative estimate of drug-likeness (QED) is 0.756. The van der Waals surface area contributed by atoms with E-state index in [1.807, 2.05) is 27.7 Å². The van der Waals surface area contributed by atoms with Gasteiger partial charge >= 0.3 is 0 Å². The van der Waals surface area contributed by atoms with Crippen molar-refractivity contribution in [2.75, 3.05) is 6.54 Å². The summed E-state index contributed by atoms with van der Waals surface area (Å²) in [6, 6.07) is 8.49. The molecule has 0 aliphatic heterocycles. The minimum Gasteiger partial charge on any atom is -0.373 e.